The van der Waals surface area contributed by atoms with E-state index in [1.807, 2.05) is 6.92 Å². The van der Waals surface area contributed by atoms with Crippen molar-refractivity contribution in [1.82, 2.24) is 19.5 Å². The molecule has 1 saturated heterocycles. The van der Waals surface area contributed by atoms with E-state index in [4.69, 9.17) is 0 Å². The maximum atomic E-state index is 11.8. The van der Waals surface area contributed by atoms with E-state index in [0.717, 1.165) is 31.6 Å². The van der Waals surface area contributed by atoms with Gasteiger partial charge in [0.15, 0.2) is 0 Å². The first-order valence-corrected chi connectivity index (χ1v) is 7.19. The van der Waals surface area contributed by atoms with Gasteiger partial charge in [-0.1, -0.05) is 11.3 Å². The van der Waals surface area contributed by atoms with Gasteiger partial charge in [0.1, 0.15) is 5.51 Å². The topological polar surface area (TPSA) is 70.7 Å². The number of rotatable bonds is 2. The van der Waals surface area contributed by atoms with Crippen LogP contribution in [0.25, 0.3) is 4.96 Å². The number of nitrogens with zero attached hydrogens (tertiary/aromatic N) is 4. The third kappa shape index (κ3) is 2.68. The number of hydrogen-bond donors (Lipinski definition) is 1. The molecular formula is C12H16N4O2S. The summed E-state index contributed by atoms with van der Waals surface area (Å²) in [5.41, 5.74) is 1.71. The third-order valence-electron chi connectivity index (χ3n) is 3.56. The molecule has 6 nitrogen and oxygen atoms in total. The molecule has 7 heteroatoms. The fraction of sp³-hybridized carbons (Fsp3) is 0.583. The van der Waals surface area contributed by atoms with Gasteiger partial charge in [-0.05, 0) is 19.8 Å². The SMILES string of the molecule is CC1(O)CCN(Cc2cc(=O)n3ncsc3n2)CC1. The van der Waals surface area contributed by atoms with Crippen molar-refractivity contribution in [2.75, 3.05) is 13.1 Å². The van der Waals surface area contributed by atoms with E-state index < -0.39 is 5.60 Å². The van der Waals surface area contributed by atoms with Crippen LogP contribution in [0.1, 0.15) is 25.5 Å². The highest BCUT2D eigenvalue weighted by atomic mass is 32.1. The van der Waals surface area contributed by atoms with Gasteiger partial charge in [0.05, 0.1) is 11.3 Å². The maximum absolute atomic E-state index is 11.8. The second-order valence-corrected chi connectivity index (χ2v) is 6.10. The number of fused-ring (bicyclic) bond motifs is 1. The van der Waals surface area contributed by atoms with E-state index in [9.17, 15) is 9.90 Å². The van der Waals surface area contributed by atoms with Gasteiger partial charge in [-0.25, -0.2) is 4.98 Å². The molecule has 0 atom stereocenters. The smallest absolute Gasteiger partial charge is 0.275 e. The summed E-state index contributed by atoms with van der Waals surface area (Å²) >= 11 is 1.36. The average molecular weight is 280 g/mol. The fourth-order valence-corrected chi connectivity index (χ4v) is 2.95. The molecule has 102 valence electrons. The fourth-order valence-electron chi connectivity index (χ4n) is 2.30. The molecule has 1 aliphatic rings. The summed E-state index contributed by atoms with van der Waals surface area (Å²) in [4.78, 5) is 19.1. The number of aromatic nitrogens is 3. The van der Waals surface area contributed by atoms with Crippen LogP contribution in [-0.2, 0) is 6.54 Å². The van der Waals surface area contributed by atoms with E-state index in [0.29, 0.717) is 11.5 Å². The first kappa shape index (κ1) is 12.7. The minimum atomic E-state index is -0.550. The molecule has 19 heavy (non-hydrogen) atoms. The largest absolute Gasteiger partial charge is 0.390 e. The summed E-state index contributed by atoms with van der Waals surface area (Å²) < 4.78 is 1.31. The Balaban J connectivity index is 1.77. The number of likely N-dealkylation sites (tertiary alicyclic amines) is 1. The Morgan fingerprint density at radius 3 is 2.95 bits per heavy atom. The van der Waals surface area contributed by atoms with Crippen molar-refractivity contribution >= 4 is 16.3 Å². The second kappa shape index (κ2) is 4.66. The van der Waals surface area contributed by atoms with Crippen molar-refractivity contribution < 1.29 is 5.11 Å². The van der Waals surface area contributed by atoms with Gasteiger partial charge >= 0.3 is 0 Å². The number of piperidine rings is 1. The van der Waals surface area contributed by atoms with E-state index >= 15 is 0 Å². The Kier molecular flexibility index (Phi) is 3.12. The van der Waals surface area contributed by atoms with Crippen LogP contribution in [0.4, 0.5) is 0 Å². The van der Waals surface area contributed by atoms with Gasteiger partial charge in [-0.15, -0.1) is 0 Å². The third-order valence-corrected chi connectivity index (χ3v) is 4.23. The highest BCUT2D eigenvalue weighted by molar-refractivity contribution is 7.14. The molecule has 0 amide bonds. The van der Waals surface area contributed by atoms with Gasteiger partial charge in [0.2, 0.25) is 4.96 Å². The predicted molar refractivity (Wildman–Crippen MR) is 72.3 cm³/mol. The molecule has 0 aromatic carbocycles. The molecule has 0 bridgehead atoms. The Bertz CT molecular complexity index is 638. The lowest BCUT2D eigenvalue weighted by atomic mass is 9.94. The van der Waals surface area contributed by atoms with Crippen LogP contribution in [0.15, 0.2) is 16.4 Å². The molecule has 3 rings (SSSR count). The van der Waals surface area contributed by atoms with Crippen molar-refractivity contribution in [2.45, 2.75) is 31.9 Å². The Morgan fingerprint density at radius 1 is 1.47 bits per heavy atom. The molecule has 0 saturated carbocycles. The molecule has 1 N–H and O–H groups in total. The van der Waals surface area contributed by atoms with Crippen molar-refractivity contribution in [3.05, 3.63) is 27.6 Å². The van der Waals surface area contributed by atoms with Gasteiger partial charge in [0, 0.05) is 25.7 Å². The summed E-state index contributed by atoms with van der Waals surface area (Å²) in [7, 11) is 0. The molecule has 0 spiro atoms. The summed E-state index contributed by atoms with van der Waals surface area (Å²) in [6, 6.07) is 1.54. The first-order valence-electron chi connectivity index (χ1n) is 6.31. The zero-order chi connectivity index (χ0) is 13.5. The number of aliphatic hydroxyl groups is 1. The zero-order valence-corrected chi connectivity index (χ0v) is 11.6. The molecule has 2 aromatic heterocycles. The Morgan fingerprint density at radius 2 is 2.21 bits per heavy atom. The van der Waals surface area contributed by atoms with Gasteiger partial charge in [-0.3, -0.25) is 9.69 Å². The highest BCUT2D eigenvalue weighted by Crippen LogP contribution is 2.22. The molecule has 0 unspecified atom stereocenters. The lowest BCUT2D eigenvalue weighted by Gasteiger charge is -2.35. The molecular weight excluding hydrogens is 264 g/mol. The molecule has 0 radical (unpaired) electrons. The summed E-state index contributed by atoms with van der Waals surface area (Å²) in [5, 5.41) is 13.9. The molecule has 0 aliphatic carbocycles. The lowest BCUT2D eigenvalue weighted by Crippen LogP contribution is -2.42. The van der Waals surface area contributed by atoms with Crippen LogP contribution < -0.4 is 5.56 Å². The lowest BCUT2D eigenvalue weighted by molar-refractivity contribution is -0.00757. The molecule has 1 fully saturated rings. The second-order valence-electron chi connectivity index (χ2n) is 5.29. The monoisotopic (exact) mass is 280 g/mol. The predicted octanol–water partition coefficient (Wildman–Crippen LogP) is 0.498. The molecule has 2 aromatic rings. The molecule has 3 heterocycles. The summed E-state index contributed by atoms with van der Waals surface area (Å²) in [5.74, 6) is 0. The van der Waals surface area contributed by atoms with Crippen molar-refractivity contribution in [2.24, 2.45) is 0 Å². The van der Waals surface area contributed by atoms with Gasteiger partial charge in [-0.2, -0.15) is 9.61 Å². The first-order chi connectivity index (χ1) is 9.03. The Hall–Kier alpha value is -1.31. The van der Waals surface area contributed by atoms with Crippen LogP contribution in [0.2, 0.25) is 0 Å². The maximum Gasteiger partial charge on any atom is 0.275 e. The van der Waals surface area contributed by atoms with Crippen molar-refractivity contribution in [1.29, 1.82) is 0 Å². The van der Waals surface area contributed by atoms with E-state index in [1.165, 1.54) is 15.9 Å². The Labute approximate surface area is 114 Å². The van der Waals surface area contributed by atoms with Crippen molar-refractivity contribution in [3.8, 4) is 0 Å². The number of hydrogen-bond acceptors (Lipinski definition) is 6. The van der Waals surface area contributed by atoms with Gasteiger partial charge < -0.3 is 5.11 Å². The summed E-state index contributed by atoms with van der Waals surface area (Å²) in [6.45, 7) is 4.19. The molecule has 1 aliphatic heterocycles. The van der Waals surface area contributed by atoms with Crippen LogP contribution in [0.3, 0.4) is 0 Å². The minimum Gasteiger partial charge on any atom is -0.390 e. The average Bonchev–Trinajstić information content (AvgIpc) is 2.81. The normalized spacial score (nSPS) is 19.9. The van der Waals surface area contributed by atoms with E-state index in [2.05, 4.69) is 15.0 Å². The van der Waals surface area contributed by atoms with Crippen LogP contribution in [0, 0.1) is 0 Å². The van der Waals surface area contributed by atoms with Crippen LogP contribution >= 0.6 is 11.3 Å². The summed E-state index contributed by atoms with van der Waals surface area (Å²) in [6.07, 6.45) is 1.52. The van der Waals surface area contributed by atoms with E-state index in [1.54, 1.807) is 11.6 Å². The van der Waals surface area contributed by atoms with Crippen LogP contribution in [0.5, 0.6) is 0 Å². The van der Waals surface area contributed by atoms with Crippen molar-refractivity contribution in [3.63, 3.8) is 0 Å². The highest BCUT2D eigenvalue weighted by Gasteiger charge is 2.27. The standard InChI is InChI=1S/C12H16N4O2S/c1-12(18)2-4-15(5-3-12)7-9-6-10(17)16-11(14-9)19-8-13-16/h6,8,18H,2-5,7H2,1H3. The quantitative estimate of drug-likeness (QED) is 0.867. The van der Waals surface area contributed by atoms with E-state index in [-0.39, 0.29) is 5.56 Å². The van der Waals surface area contributed by atoms with Crippen LogP contribution in [-0.4, -0.2) is 43.3 Å². The zero-order valence-electron chi connectivity index (χ0n) is 10.7. The minimum absolute atomic E-state index is 0.134. The van der Waals surface area contributed by atoms with Gasteiger partial charge in [0.25, 0.3) is 5.56 Å².